The zero-order valence-corrected chi connectivity index (χ0v) is 15.8. The molecule has 0 fully saturated rings. The van der Waals surface area contributed by atoms with Gasteiger partial charge in [-0.05, 0) is 54.5 Å². The van der Waals surface area contributed by atoms with Crippen molar-refractivity contribution in [3.8, 4) is 11.5 Å². The molecule has 0 aliphatic rings. The Morgan fingerprint density at radius 2 is 1.78 bits per heavy atom. The van der Waals surface area contributed by atoms with Gasteiger partial charge in [0, 0.05) is 18.2 Å². The maximum absolute atomic E-state index is 11.8. The molecule has 1 amide bonds. The van der Waals surface area contributed by atoms with E-state index in [-0.39, 0.29) is 10.9 Å². The van der Waals surface area contributed by atoms with E-state index in [0.29, 0.717) is 30.9 Å². The summed E-state index contributed by atoms with van der Waals surface area (Å²) in [5.41, 5.74) is 3.57. The lowest BCUT2D eigenvalue weighted by molar-refractivity contribution is -0.116. The zero-order valence-electron chi connectivity index (χ0n) is 15.0. The van der Waals surface area contributed by atoms with Crippen LogP contribution < -0.4 is 20.3 Å². The Kier molecular flexibility index (Phi) is 8.28. The minimum atomic E-state index is -0.153. The van der Waals surface area contributed by atoms with Gasteiger partial charge in [-0.15, -0.1) is 0 Å². The predicted octanol–water partition coefficient (Wildman–Crippen LogP) is 2.95. The van der Waals surface area contributed by atoms with Gasteiger partial charge >= 0.3 is 0 Å². The summed E-state index contributed by atoms with van der Waals surface area (Å²) in [4.78, 5) is 12.1. The molecule has 0 saturated carbocycles. The summed E-state index contributed by atoms with van der Waals surface area (Å²) in [6.45, 7) is 0.993. The summed E-state index contributed by atoms with van der Waals surface area (Å²) < 4.78 is 10.7. The largest absolute Gasteiger partial charge is 0.497 e. The first kappa shape index (κ1) is 20.4. The number of carbonyl (C=O) groups excluding carboxylic acids is 1. The summed E-state index contributed by atoms with van der Waals surface area (Å²) >= 11 is 4.92. The highest BCUT2D eigenvalue weighted by molar-refractivity contribution is 7.80. The maximum atomic E-state index is 11.8. The highest BCUT2D eigenvalue weighted by Gasteiger charge is 2.00. The van der Waals surface area contributed by atoms with E-state index < -0.39 is 0 Å². The van der Waals surface area contributed by atoms with Crippen LogP contribution in [-0.4, -0.2) is 36.4 Å². The van der Waals surface area contributed by atoms with E-state index in [1.807, 2.05) is 29.7 Å². The molecular formula is C20H22N2O4S. The summed E-state index contributed by atoms with van der Waals surface area (Å²) in [6, 6.07) is 14.5. The van der Waals surface area contributed by atoms with Crippen LogP contribution in [0.3, 0.4) is 0 Å². The van der Waals surface area contributed by atoms with Crippen LogP contribution in [0.15, 0.2) is 54.6 Å². The summed E-state index contributed by atoms with van der Waals surface area (Å²) in [5, 5.41) is 11.6. The lowest BCUT2D eigenvalue weighted by Crippen LogP contribution is -2.23. The number of benzene rings is 2. The summed E-state index contributed by atoms with van der Waals surface area (Å²) in [6.07, 6.45) is 3.93. The van der Waals surface area contributed by atoms with Crippen molar-refractivity contribution in [2.75, 3.05) is 20.3 Å². The van der Waals surface area contributed by atoms with E-state index in [1.54, 1.807) is 37.5 Å². The van der Waals surface area contributed by atoms with Crippen LogP contribution in [0.5, 0.6) is 11.5 Å². The molecule has 2 rings (SSSR count). The molecule has 2 aromatic carbocycles. The smallest absolute Gasteiger partial charge is 0.244 e. The van der Waals surface area contributed by atoms with Gasteiger partial charge in [0.1, 0.15) is 16.5 Å². The zero-order chi connectivity index (χ0) is 19.5. The lowest BCUT2D eigenvalue weighted by atomic mass is 10.2. The molecule has 142 valence electrons. The third-order valence-corrected chi connectivity index (χ3v) is 3.98. The van der Waals surface area contributed by atoms with Gasteiger partial charge in [-0.25, -0.2) is 0 Å². The molecule has 0 radical (unpaired) electrons. The third-order valence-electron chi connectivity index (χ3n) is 3.65. The molecule has 0 atom stereocenters. The maximum Gasteiger partial charge on any atom is 0.244 e. The Morgan fingerprint density at radius 1 is 1.11 bits per heavy atom. The van der Waals surface area contributed by atoms with Crippen LogP contribution in [0.25, 0.3) is 6.08 Å². The van der Waals surface area contributed by atoms with E-state index in [2.05, 4.69) is 5.32 Å². The van der Waals surface area contributed by atoms with Crippen LogP contribution >= 0.6 is 12.2 Å². The Balaban J connectivity index is 1.65. The molecular weight excluding hydrogens is 364 g/mol. The fourth-order valence-electron chi connectivity index (χ4n) is 2.19. The minimum Gasteiger partial charge on any atom is -0.497 e. The lowest BCUT2D eigenvalue weighted by Gasteiger charge is -2.08. The monoisotopic (exact) mass is 386 g/mol. The number of amides is 1. The fourth-order valence-corrected chi connectivity index (χ4v) is 2.32. The van der Waals surface area contributed by atoms with Crippen LogP contribution in [0, 0.1) is 0 Å². The fraction of sp³-hybridized carbons (Fsp3) is 0.200. The molecule has 0 aliphatic carbocycles. The number of thiocarbonyl (C=S) groups is 1. The van der Waals surface area contributed by atoms with E-state index in [9.17, 15) is 4.79 Å². The van der Waals surface area contributed by atoms with E-state index in [4.69, 9.17) is 26.9 Å². The number of hydroxylamine groups is 1. The van der Waals surface area contributed by atoms with Crippen molar-refractivity contribution in [3.63, 3.8) is 0 Å². The number of hydrogen-bond acceptors (Lipinski definition) is 5. The molecule has 0 aromatic heterocycles. The average molecular weight is 386 g/mol. The summed E-state index contributed by atoms with van der Waals surface area (Å²) in [5.74, 6) is 1.32. The van der Waals surface area contributed by atoms with Gasteiger partial charge < -0.3 is 14.8 Å². The quantitative estimate of drug-likeness (QED) is 0.266. The van der Waals surface area contributed by atoms with Crippen LogP contribution in [0.2, 0.25) is 0 Å². The van der Waals surface area contributed by atoms with Gasteiger partial charge in [-0.1, -0.05) is 24.4 Å². The van der Waals surface area contributed by atoms with Gasteiger partial charge in [-0.3, -0.25) is 15.5 Å². The molecule has 0 heterocycles. The van der Waals surface area contributed by atoms with E-state index >= 15 is 0 Å². The molecule has 0 bridgehead atoms. The number of ether oxygens (including phenoxy) is 2. The first-order chi connectivity index (χ1) is 13.1. The minimum absolute atomic E-state index is 0.153. The molecule has 6 nitrogen and oxygen atoms in total. The van der Waals surface area contributed by atoms with E-state index in [1.165, 1.54) is 6.08 Å². The third kappa shape index (κ3) is 7.08. The molecule has 0 saturated heterocycles. The average Bonchev–Trinajstić information content (AvgIpc) is 2.72. The Labute approximate surface area is 163 Å². The van der Waals surface area contributed by atoms with Crippen LogP contribution in [0.4, 0.5) is 0 Å². The van der Waals surface area contributed by atoms with Crippen molar-refractivity contribution in [1.82, 2.24) is 10.8 Å². The van der Waals surface area contributed by atoms with Crippen molar-refractivity contribution in [2.45, 2.75) is 6.42 Å². The van der Waals surface area contributed by atoms with Crippen molar-refractivity contribution in [3.05, 3.63) is 65.7 Å². The molecule has 0 aliphatic heterocycles. The highest BCUT2D eigenvalue weighted by Crippen LogP contribution is 2.13. The molecule has 0 unspecified atom stereocenters. The second kappa shape index (κ2) is 10.9. The van der Waals surface area contributed by atoms with Crippen molar-refractivity contribution >= 4 is 29.2 Å². The van der Waals surface area contributed by atoms with Crippen LogP contribution in [-0.2, 0) is 4.79 Å². The molecule has 2 aromatic rings. The standard InChI is InChI=1S/C20H22N2O4S/c1-25-17-8-3-15(4-9-17)5-12-19(23)21-13-2-14-26-18-10-6-16(7-11-18)20(27)22-24/h3-12,24H,2,13-14H2,1H3,(H,21,23)(H,22,27)/b12-5+. The second-order valence-electron chi connectivity index (χ2n) is 5.56. The van der Waals surface area contributed by atoms with Crippen molar-refractivity contribution in [2.24, 2.45) is 0 Å². The summed E-state index contributed by atoms with van der Waals surface area (Å²) in [7, 11) is 1.61. The van der Waals surface area contributed by atoms with Gasteiger partial charge in [0.25, 0.3) is 0 Å². The Morgan fingerprint density at radius 3 is 2.41 bits per heavy atom. The number of hydrogen-bond donors (Lipinski definition) is 3. The SMILES string of the molecule is COc1ccc(/C=C/C(=O)NCCCOc2ccc(C(=S)NO)cc2)cc1. The van der Waals surface area contributed by atoms with Crippen LogP contribution in [0.1, 0.15) is 17.5 Å². The molecule has 27 heavy (non-hydrogen) atoms. The first-order valence-electron chi connectivity index (χ1n) is 8.39. The molecule has 7 heteroatoms. The topological polar surface area (TPSA) is 79.8 Å². The first-order valence-corrected chi connectivity index (χ1v) is 8.80. The second-order valence-corrected chi connectivity index (χ2v) is 5.97. The molecule has 3 N–H and O–H groups in total. The van der Waals surface area contributed by atoms with Gasteiger partial charge in [0.2, 0.25) is 5.91 Å². The highest BCUT2D eigenvalue weighted by atomic mass is 32.1. The van der Waals surface area contributed by atoms with Crippen molar-refractivity contribution < 1.29 is 19.5 Å². The number of rotatable bonds is 9. The van der Waals surface area contributed by atoms with Gasteiger partial charge in [0.15, 0.2) is 0 Å². The van der Waals surface area contributed by atoms with Gasteiger partial charge in [0.05, 0.1) is 13.7 Å². The van der Waals surface area contributed by atoms with Gasteiger partial charge in [-0.2, -0.15) is 0 Å². The van der Waals surface area contributed by atoms with E-state index in [0.717, 1.165) is 11.3 Å². The number of nitrogens with one attached hydrogen (secondary N) is 2. The Bertz CT molecular complexity index is 774. The molecule has 0 spiro atoms. The number of methoxy groups -OCH3 is 1. The normalized spacial score (nSPS) is 10.4. The number of carbonyl (C=O) groups is 1. The Hall–Kier alpha value is -2.90. The van der Waals surface area contributed by atoms with Crippen molar-refractivity contribution in [1.29, 1.82) is 0 Å². The predicted molar refractivity (Wildman–Crippen MR) is 108 cm³/mol.